The van der Waals surface area contributed by atoms with E-state index in [0.29, 0.717) is 5.69 Å². The van der Waals surface area contributed by atoms with Crippen LogP contribution in [0.2, 0.25) is 0 Å². The van der Waals surface area contributed by atoms with Gasteiger partial charge in [-0.25, -0.2) is 0 Å². The smallest absolute Gasteiger partial charge is 0.268 e. The molecule has 2 heterocycles. The summed E-state index contributed by atoms with van der Waals surface area (Å²) in [6.07, 6.45) is 0.0358. The molecule has 5 nitrogen and oxygen atoms in total. The highest BCUT2D eigenvalue weighted by molar-refractivity contribution is 5.98. The van der Waals surface area contributed by atoms with Gasteiger partial charge in [0.1, 0.15) is 5.69 Å². The van der Waals surface area contributed by atoms with Crippen LogP contribution < -0.4 is 10.6 Å². The molecule has 1 saturated heterocycles. The summed E-state index contributed by atoms with van der Waals surface area (Å²) in [7, 11) is 3.59. The highest BCUT2D eigenvalue weighted by atomic mass is 16.5. The minimum absolute atomic E-state index is 0.0190. The van der Waals surface area contributed by atoms with Gasteiger partial charge in [-0.2, -0.15) is 0 Å². The number of hydrogen-bond donors (Lipinski definition) is 2. The molecule has 1 unspecified atom stereocenters. The van der Waals surface area contributed by atoms with Gasteiger partial charge in [-0.1, -0.05) is 18.2 Å². The first-order valence-corrected chi connectivity index (χ1v) is 6.79. The summed E-state index contributed by atoms with van der Waals surface area (Å²) in [5, 5.41) is 7.35. The molecule has 0 spiro atoms. The molecule has 5 heteroatoms. The van der Waals surface area contributed by atoms with E-state index in [9.17, 15) is 4.79 Å². The molecule has 0 aliphatic carbocycles. The lowest BCUT2D eigenvalue weighted by molar-refractivity contribution is 0.0774. The van der Waals surface area contributed by atoms with Crippen molar-refractivity contribution in [2.45, 2.75) is 12.1 Å². The van der Waals surface area contributed by atoms with Gasteiger partial charge < -0.3 is 19.9 Å². The third kappa shape index (κ3) is 2.19. The number of methoxy groups -OCH3 is 1. The molecular weight excluding hydrogens is 254 g/mol. The fraction of sp³-hybridized carbons (Fsp3) is 0.400. The Balaban J connectivity index is 1.84. The zero-order valence-electron chi connectivity index (χ0n) is 11.7. The fourth-order valence-corrected chi connectivity index (χ4v) is 2.80. The zero-order chi connectivity index (χ0) is 14.1. The van der Waals surface area contributed by atoms with Crippen molar-refractivity contribution in [1.82, 2.24) is 15.2 Å². The van der Waals surface area contributed by atoms with Crippen LogP contribution >= 0.6 is 0 Å². The number of hydrogen-bond acceptors (Lipinski definition) is 3. The van der Waals surface area contributed by atoms with Crippen molar-refractivity contribution >= 4 is 16.8 Å². The number of fused-ring (bicyclic) bond motifs is 1. The Hall–Kier alpha value is -1.85. The summed E-state index contributed by atoms with van der Waals surface area (Å²) < 4.78 is 7.29. The van der Waals surface area contributed by atoms with Crippen LogP contribution in [0.4, 0.5) is 0 Å². The monoisotopic (exact) mass is 273 g/mol. The minimum atomic E-state index is -0.0561. The van der Waals surface area contributed by atoms with Crippen molar-refractivity contribution in [3.8, 4) is 0 Å². The SMILES string of the molecule is CO[C@H]1CNCC1NC(=O)c1cc2ccccc2n1C. The third-order valence-corrected chi connectivity index (χ3v) is 3.96. The maximum atomic E-state index is 12.4. The van der Waals surface area contributed by atoms with Crippen LogP contribution in [0, 0.1) is 0 Å². The lowest BCUT2D eigenvalue weighted by Crippen LogP contribution is -2.44. The number of nitrogens with zero attached hydrogens (tertiary/aromatic N) is 1. The molecule has 0 radical (unpaired) electrons. The summed E-state index contributed by atoms with van der Waals surface area (Å²) in [6.45, 7) is 1.52. The van der Waals surface area contributed by atoms with Crippen molar-refractivity contribution in [3.63, 3.8) is 0 Å². The minimum Gasteiger partial charge on any atom is -0.378 e. The summed E-state index contributed by atoms with van der Waals surface area (Å²) in [5.74, 6) is -0.0561. The lowest BCUT2D eigenvalue weighted by atomic mass is 10.2. The number of ether oxygens (including phenoxy) is 1. The maximum absolute atomic E-state index is 12.4. The third-order valence-electron chi connectivity index (χ3n) is 3.96. The Bertz CT molecular complexity index is 635. The number of carbonyl (C=O) groups excluding carboxylic acids is 1. The lowest BCUT2D eigenvalue weighted by Gasteiger charge is -2.18. The molecule has 1 aliphatic heterocycles. The Morgan fingerprint density at radius 2 is 2.20 bits per heavy atom. The number of nitrogens with one attached hydrogen (secondary N) is 2. The average molecular weight is 273 g/mol. The van der Waals surface area contributed by atoms with Crippen LogP contribution in [0.15, 0.2) is 30.3 Å². The van der Waals surface area contributed by atoms with E-state index in [1.54, 1.807) is 7.11 Å². The van der Waals surface area contributed by atoms with E-state index in [0.717, 1.165) is 24.0 Å². The van der Waals surface area contributed by atoms with Gasteiger partial charge in [-0.3, -0.25) is 4.79 Å². The molecule has 2 N–H and O–H groups in total. The number of benzene rings is 1. The van der Waals surface area contributed by atoms with Crippen molar-refractivity contribution in [2.24, 2.45) is 7.05 Å². The van der Waals surface area contributed by atoms with Crippen molar-refractivity contribution in [2.75, 3.05) is 20.2 Å². The second-order valence-electron chi connectivity index (χ2n) is 5.16. The van der Waals surface area contributed by atoms with Gasteiger partial charge in [-0.15, -0.1) is 0 Å². The molecule has 2 atom stereocenters. The molecule has 3 rings (SSSR count). The number of aryl methyl sites for hydroxylation is 1. The number of amides is 1. The summed E-state index contributed by atoms with van der Waals surface area (Å²) >= 11 is 0. The topological polar surface area (TPSA) is 55.3 Å². The number of para-hydroxylation sites is 1. The highest BCUT2D eigenvalue weighted by Gasteiger charge is 2.29. The van der Waals surface area contributed by atoms with Gasteiger partial charge in [0.15, 0.2) is 0 Å². The van der Waals surface area contributed by atoms with Crippen LogP contribution in [0.1, 0.15) is 10.5 Å². The van der Waals surface area contributed by atoms with Gasteiger partial charge >= 0.3 is 0 Å². The first-order valence-electron chi connectivity index (χ1n) is 6.79. The van der Waals surface area contributed by atoms with E-state index in [1.165, 1.54) is 0 Å². The van der Waals surface area contributed by atoms with Crippen molar-refractivity contribution < 1.29 is 9.53 Å². The van der Waals surface area contributed by atoms with E-state index in [2.05, 4.69) is 10.6 Å². The summed E-state index contributed by atoms with van der Waals surface area (Å²) in [5.41, 5.74) is 1.73. The number of rotatable bonds is 3. The largest absolute Gasteiger partial charge is 0.378 e. The van der Waals surface area contributed by atoms with Crippen LogP contribution in [0.5, 0.6) is 0 Å². The molecule has 20 heavy (non-hydrogen) atoms. The van der Waals surface area contributed by atoms with Crippen LogP contribution in [-0.2, 0) is 11.8 Å². The second kappa shape index (κ2) is 5.26. The van der Waals surface area contributed by atoms with E-state index < -0.39 is 0 Å². The molecule has 0 bridgehead atoms. The van der Waals surface area contributed by atoms with Crippen molar-refractivity contribution in [3.05, 3.63) is 36.0 Å². The first-order chi connectivity index (χ1) is 9.70. The van der Waals surface area contributed by atoms with E-state index in [4.69, 9.17) is 4.74 Å². The van der Waals surface area contributed by atoms with Gasteiger partial charge in [-0.05, 0) is 12.1 Å². The standard InChI is InChI=1S/C15H19N3O2/c1-18-12-6-4-3-5-10(12)7-13(18)15(19)17-11-8-16-9-14(11)20-2/h3-7,11,14,16H,8-9H2,1-2H3,(H,17,19)/t11?,14-/m0/s1. The predicted octanol–water partition coefficient (Wildman–Crippen LogP) is 0.895. The molecule has 1 amide bonds. The van der Waals surface area contributed by atoms with Crippen molar-refractivity contribution in [1.29, 1.82) is 0 Å². The molecule has 2 aromatic rings. The normalized spacial score (nSPS) is 22.3. The molecular formula is C15H19N3O2. The molecule has 1 aromatic carbocycles. The molecule has 106 valence electrons. The number of aromatic nitrogens is 1. The maximum Gasteiger partial charge on any atom is 0.268 e. The van der Waals surface area contributed by atoms with Crippen LogP contribution in [0.25, 0.3) is 10.9 Å². The van der Waals surface area contributed by atoms with E-state index >= 15 is 0 Å². The Labute approximate surface area is 117 Å². The highest BCUT2D eigenvalue weighted by Crippen LogP contribution is 2.18. The quantitative estimate of drug-likeness (QED) is 0.873. The Kier molecular flexibility index (Phi) is 3.46. The number of carbonyl (C=O) groups is 1. The van der Waals surface area contributed by atoms with Crippen LogP contribution in [0.3, 0.4) is 0 Å². The van der Waals surface area contributed by atoms with Gasteiger partial charge in [0.25, 0.3) is 5.91 Å². The van der Waals surface area contributed by atoms with Gasteiger partial charge in [0.2, 0.25) is 0 Å². The summed E-state index contributed by atoms with van der Waals surface area (Å²) in [6, 6.07) is 9.93. The summed E-state index contributed by atoms with van der Waals surface area (Å²) in [4.78, 5) is 12.4. The predicted molar refractivity (Wildman–Crippen MR) is 77.8 cm³/mol. The molecule has 1 aliphatic rings. The Morgan fingerprint density at radius 1 is 1.40 bits per heavy atom. The van der Waals surface area contributed by atoms with E-state index in [-0.39, 0.29) is 18.1 Å². The molecule has 1 aromatic heterocycles. The zero-order valence-corrected chi connectivity index (χ0v) is 11.7. The molecule has 0 saturated carbocycles. The van der Waals surface area contributed by atoms with Gasteiger partial charge in [0.05, 0.1) is 12.1 Å². The molecule has 1 fully saturated rings. The fourth-order valence-electron chi connectivity index (χ4n) is 2.80. The first kappa shape index (κ1) is 13.1. The van der Waals surface area contributed by atoms with Crippen LogP contribution in [-0.4, -0.2) is 42.8 Å². The average Bonchev–Trinajstić information content (AvgIpc) is 3.04. The van der Waals surface area contributed by atoms with E-state index in [1.807, 2.05) is 41.9 Å². The van der Waals surface area contributed by atoms with Gasteiger partial charge in [0, 0.05) is 38.1 Å². The Morgan fingerprint density at radius 3 is 2.95 bits per heavy atom. The second-order valence-corrected chi connectivity index (χ2v) is 5.16.